The molecule has 1 fully saturated rings. The van der Waals surface area contributed by atoms with Gasteiger partial charge < -0.3 is 4.74 Å². The van der Waals surface area contributed by atoms with Crippen LogP contribution in [0, 0.1) is 23.5 Å². The second kappa shape index (κ2) is 5.90. The predicted molar refractivity (Wildman–Crippen MR) is 75.4 cm³/mol. The van der Waals surface area contributed by atoms with Crippen molar-refractivity contribution in [3.63, 3.8) is 0 Å². The molecule has 2 rings (SSSR count). The molecule has 0 N–H and O–H groups in total. The van der Waals surface area contributed by atoms with Crippen molar-refractivity contribution in [3.8, 4) is 0 Å². The molecule has 2 nitrogen and oxygen atoms in total. The van der Waals surface area contributed by atoms with Crippen LogP contribution in [0.15, 0.2) is 16.6 Å². The molecular formula is C15H17BrF2O2. The fourth-order valence-electron chi connectivity index (χ4n) is 2.84. The third-order valence-corrected chi connectivity index (χ3v) is 4.72. The molecule has 1 aliphatic rings. The van der Waals surface area contributed by atoms with Gasteiger partial charge in [-0.1, -0.05) is 6.92 Å². The normalized spacial score (nSPS) is 29.7. The molecule has 5 heteroatoms. The molecule has 0 bridgehead atoms. The lowest BCUT2D eigenvalue weighted by Gasteiger charge is -2.17. The summed E-state index contributed by atoms with van der Waals surface area (Å²) < 4.78 is 33.4. The van der Waals surface area contributed by atoms with Gasteiger partial charge in [0.25, 0.3) is 0 Å². The number of benzene rings is 1. The minimum Gasteiger partial charge on any atom is -0.375 e. The molecule has 4 atom stereocenters. The van der Waals surface area contributed by atoms with E-state index in [-0.39, 0.29) is 46.3 Å². The summed E-state index contributed by atoms with van der Waals surface area (Å²) in [4.78, 5) is 12.4. The summed E-state index contributed by atoms with van der Waals surface area (Å²) in [6, 6.07) is 2.46. The highest BCUT2D eigenvalue weighted by Crippen LogP contribution is 2.34. The second-order valence-corrected chi connectivity index (χ2v) is 6.25. The Balaban J connectivity index is 2.23. The first-order valence-corrected chi connectivity index (χ1v) is 7.42. The maximum atomic E-state index is 13.9. The fraction of sp³-hybridized carbons (Fsp3) is 0.533. The van der Waals surface area contributed by atoms with Crippen LogP contribution in [0.1, 0.15) is 26.3 Å². The molecule has 20 heavy (non-hydrogen) atoms. The topological polar surface area (TPSA) is 26.3 Å². The van der Waals surface area contributed by atoms with E-state index in [4.69, 9.17) is 4.74 Å². The van der Waals surface area contributed by atoms with Crippen LogP contribution in [-0.4, -0.2) is 18.0 Å². The molecule has 1 heterocycles. The molecule has 0 aliphatic carbocycles. The number of ketones is 1. The zero-order chi connectivity index (χ0) is 15.0. The van der Waals surface area contributed by atoms with Gasteiger partial charge in [0.05, 0.1) is 16.7 Å². The van der Waals surface area contributed by atoms with Gasteiger partial charge in [-0.3, -0.25) is 4.79 Å². The van der Waals surface area contributed by atoms with Crippen LogP contribution >= 0.6 is 15.9 Å². The Bertz CT molecular complexity index is 533. The summed E-state index contributed by atoms with van der Waals surface area (Å²) in [6.45, 7) is 5.68. The lowest BCUT2D eigenvalue weighted by molar-refractivity contribution is -0.124. The van der Waals surface area contributed by atoms with E-state index in [1.807, 2.05) is 20.8 Å². The van der Waals surface area contributed by atoms with E-state index >= 15 is 0 Å². The summed E-state index contributed by atoms with van der Waals surface area (Å²) in [5, 5.41) is 0. The number of ether oxygens (including phenoxy) is 1. The predicted octanol–water partition coefficient (Wildman–Crippen LogP) is 3.90. The molecule has 0 saturated carbocycles. The number of carbonyl (C=O) groups is 1. The van der Waals surface area contributed by atoms with Gasteiger partial charge in [-0.15, -0.1) is 0 Å². The SMILES string of the molecule is CC1OC(C)C(C(=O)Cc2c(F)ccc(Br)c2F)C1C. The van der Waals surface area contributed by atoms with Crippen molar-refractivity contribution in [2.24, 2.45) is 11.8 Å². The van der Waals surface area contributed by atoms with Crippen molar-refractivity contribution >= 4 is 21.7 Å². The largest absolute Gasteiger partial charge is 0.375 e. The van der Waals surface area contributed by atoms with Crippen LogP contribution in [0.2, 0.25) is 0 Å². The Kier molecular flexibility index (Phi) is 4.59. The highest BCUT2D eigenvalue weighted by atomic mass is 79.9. The number of Topliss-reactive ketones (excluding diaryl/α,β-unsaturated/α-hetero) is 1. The summed E-state index contributed by atoms with van der Waals surface area (Å²) >= 11 is 3.01. The maximum absolute atomic E-state index is 13.9. The Morgan fingerprint density at radius 1 is 1.25 bits per heavy atom. The molecule has 1 aliphatic heterocycles. The van der Waals surface area contributed by atoms with E-state index in [1.54, 1.807) is 0 Å². The number of hydrogen-bond donors (Lipinski definition) is 0. The Hall–Kier alpha value is -0.810. The Morgan fingerprint density at radius 3 is 2.45 bits per heavy atom. The molecule has 4 unspecified atom stereocenters. The van der Waals surface area contributed by atoms with Gasteiger partial charge in [-0.25, -0.2) is 8.78 Å². The quantitative estimate of drug-likeness (QED) is 0.776. The smallest absolute Gasteiger partial charge is 0.143 e. The zero-order valence-electron chi connectivity index (χ0n) is 11.6. The number of carbonyl (C=O) groups excluding carboxylic acids is 1. The Labute approximate surface area is 125 Å². The van der Waals surface area contributed by atoms with E-state index in [9.17, 15) is 13.6 Å². The third kappa shape index (κ3) is 2.79. The van der Waals surface area contributed by atoms with E-state index in [1.165, 1.54) is 6.07 Å². The number of halogens is 3. The molecular weight excluding hydrogens is 330 g/mol. The molecule has 0 spiro atoms. The van der Waals surface area contributed by atoms with E-state index in [0.29, 0.717) is 0 Å². The van der Waals surface area contributed by atoms with Gasteiger partial charge >= 0.3 is 0 Å². The van der Waals surface area contributed by atoms with Crippen molar-refractivity contribution < 1.29 is 18.3 Å². The lowest BCUT2D eigenvalue weighted by Crippen LogP contribution is -2.28. The Morgan fingerprint density at radius 2 is 1.90 bits per heavy atom. The first-order chi connectivity index (χ1) is 9.32. The van der Waals surface area contributed by atoms with Gasteiger partial charge in [0.15, 0.2) is 0 Å². The van der Waals surface area contributed by atoms with Gasteiger partial charge in [0, 0.05) is 17.9 Å². The summed E-state index contributed by atoms with van der Waals surface area (Å²) in [6.07, 6.45) is -0.478. The van der Waals surface area contributed by atoms with Crippen LogP contribution in [0.3, 0.4) is 0 Å². The maximum Gasteiger partial charge on any atom is 0.143 e. The van der Waals surface area contributed by atoms with E-state index in [0.717, 1.165) is 6.07 Å². The number of hydrogen-bond acceptors (Lipinski definition) is 2. The number of rotatable bonds is 3. The van der Waals surface area contributed by atoms with E-state index < -0.39 is 11.6 Å². The lowest BCUT2D eigenvalue weighted by atomic mass is 9.84. The zero-order valence-corrected chi connectivity index (χ0v) is 13.2. The van der Waals surface area contributed by atoms with Gasteiger partial charge in [0.2, 0.25) is 0 Å². The second-order valence-electron chi connectivity index (χ2n) is 5.40. The van der Waals surface area contributed by atoms with Crippen molar-refractivity contribution in [1.82, 2.24) is 0 Å². The molecule has 0 amide bonds. The van der Waals surface area contributed by atoms with Crippen LogP contribution in [0.4, 0.5) is 8.78 Å². The average molecular weight is 347 g/mol. The third-order valence-electron chi connectivity index (χ3n) is 4.10. The van der Waals surface area contributed by atoms with Gasteiger partial charge in [0.1, 0.15) is 17.4 Å². The minimum absolute atomic E-state index is 0.0175. The summed E-state index contributed by atoms with van der Waals surface area (Å²) in [7, 11) is 0. The average Bonchev–Trinajstić information content (AvgIpc) is 2.63. The molecule has 0 aromatic heterocycles. The van der Waals surface area contributed by atoms with Crippen molar-refractivity contribution in [2.45, 2.75) is 39.4 Å². The van der Waals surface area contributed by atoms with Crippen molar-refractivity contribution in [1.29, 1.82) is 0 Å². The van der Waals surface area contributed by atoms with Crippen LogP contribution < -0.4 is 0 Å². The molecule has 110 valence electrons. The van der Waals surface area contributed by atoms with Gasteiger partial charge in [-0.05, 0) is 47.8 Å². The van der Waals surface area contributed by atoms with Crippen LogP contribution in [-0.2, 0) is 16.0 Å². The van der Waals surface area contributed by atoms with Crippen LogP contribution in [0.5, 0.6) is 0 Å². The highest BCUT2D eigenvalue weighted by Gasteiger charge is 2.41. The highest BCUT2D eigenvalue weighted by molar-refractivity contribution is 9.10. The standard InChI is InChI=1S/C15H17BrF2O2/c1-7-8(2)20-9(3)14(7)13(19)6-10-12(17)5-4-11(16)15(10)18/h4-5,7-9,14H,6H2,1-3H3. The first-order valence-electron chi connectivity index (χ1n) is 6.63. The fourth-order valence-corrected chi connectivity index (χ4v) is 3.22. The molecule has 1 aromatic carbocycles. The molecule has 1 aromatic rings. The van der Waals surface area contributed by atoms with E-state index in [2.05, 4.69) is 15.9 Å². The van der Waals surface area contributed by atoms with Crippen LogP contribution in [0.25, 0.3) is 0 Å². The van der Waals surface area contributed by atoms with Crippen molar-refractivity contribution in [3.05, 3.63) is 33.8 Å². The molecule has 1 saturated heterocycles. The molecule has 0 radical (unpaired) electrons. The first kappa shape index (κ1) is 15.6. The van der Waals surface area contributed by atoms with Gasteiger partial charge in [-0.2, -0.15) is 0 Å². The van der Waals surface area contributed by atoms with Crippen molar-refractivity contribution in [2.75, 3.05) is 0 Å². The summed E-state index contributed by atoms with van der Waals surface area (Å²) in [5.74, 6) is -1.83. The minimum atomic E-state index is -0.703. The monoisotopic (exact) mass is 346 g/mol. The summed E-state index contributed by atoms with van der Waals surface area (Å²) in [5.41, 5.74) is -0.177.